The van der Waals surface area contributed by atoms with Crippen molar-refractivity contribution in [3.8, 4) is 0 Å². The van der Waals surface area contributed by atoms with Crippen molar-refractivity contribution >= 4 is 23.4 Å². The Kier molecular flexibility index (Phi) is 4.09. The number of thioether (sulfide) groups is 1. The second kappa shape index (κ2) is 5.61. The van der Waals surface area contributed by atoms with Gasteiger partial charge in [0.25, 0.3) is 5.69 Å². The van der Waals surface area contributed by atoms with Crippen LogP contribution in [0.25, 0.3) is 0 Å². The highest BCUT2D eigenvalue weighted by Crippen LogP contribution is 2.32. The summed E-state index contributed by atoms with van der Waals surface area (Å²) in [5, 5.41) is 10.9. The molecule has 0 radical (unpaired) electrons. The number of amides is 1. The fourth-order valence-electron chi connectivity index (χ4n) is 2.17. The first-order chi connectivity index (χ1) is 8.99. The van der Waals surface area contributed by atoms with E-state index in [4.69, 9.17) is 0 Å². The molecule has 0 spiro atoms. The highest BCUT2D eigenvalue weighted by atomic mass is 32.2. The number of non-ortho nitro benzene ring substituents is 1. The van der Waals surface area contributed by atoms with E-state index in [9.17, 15) is 14.9 Å². The predicted octanol–water partition coefficient (Wildman–Crippen LogP) is 2.65. The number of nitro benzene ring substituents is 1. The number of nitro groups is 1. The lowest BCUT2D eigenvalue weighted by Crippen LogP contribution is -2.35. The summed E-state index contributed by atoms with van der Waals surface area (Å²) in [4.78, 5) is 24.0. The molecule has 1 heterocycles. The Balaban J connectivity index is 2.17. The van der Waals surface area contributed by atoms with Crippen LogP contribution in [0.1, 0.15) is 19.4 Å². The number of carbonyl (C=O) groups is 1. The second-order valence-electron chi connectivity index (χ2n) is 4.89. The van der Waals surface area contributed by atoms with E-state index in [1.165, 1.54) is 12.1 Å². The molecule has 0 aromatic heterocycles. The summed E-state index contributed by atoms with van der Waals surface area (Å²) in [6, 6.07) is 6.48. The van der Waals surface area contributed by atoms with Gasteiger partial charge in [-0.2, -0.15) is 0 Å². The zero-order chi connectivity index (χ0) is 14.0. The van der Waals surface area contributed by atoms with Crippen molar-refractivity contribution < 1.29 is 9.72 Å². The van der Waals surface area contributed by atoms with E-state index in [-0.39, 0.29) is 17.0 Å². The predicted molar refractivity (Wildman–Crippen MR) is 74.7 cm³/mol. The molecule has 0 saturated carbocycles. The number of hydrogen-bond acceptors (Lipinski definition) is 4. The lowest BCUT2D eigenvalue weighted by molar-refractivity contribution is -0.384. The van der Waals surface area contributed by atoms with Gasteiger partial charge in [-0.25, -0.2) is 0 Å². The van der Waals surface area contributed by atoms with Crippen molar-refractivity contribution in [2.45, 2.75) is 25.8 Å². The van der Waals surface area contributed by atoms with Gasteiger partial charge in [-0.05, 0) is 11.5 Å². The summed E-state index contributed by atoms with van der Waals surface area (Å²) in [6.07, 6.45) is 0. The summed E-state index contributed by atoms with van der Waals surface area (Å²) >= 11 is 1.64. The quantitative estimate of drug-likeness (QED) is 0.628. The van der Waals surface area contributed by atoms with E-state index in [0.717, 1.165) is 5.56 Å². The molecule has 1 aliphatic heterocycles. The van der Waals surface area contributed by atoms with Crippen LogP contribution >= 0.6 is 11.8 Å². The van der Waals surface area contributed by atoms with Crippen LogP contribution in [0.4, 0.5) is 5.69 Å². The molecule has 1 aromatic rings. The zero-order valence-corrected chi connectivity index (χ0v) is 11.7. The SMILES string of the molecule is CC(C)C1SCC(=O)N1Cc1cccc([N+](=O)[O-])c1. The van der Waals surface area contributed by atoms with Gasteiger partial charge in [0, 0.05) is 18.7 Å². The van der Waals surface area contributed by atoms with Crippen molar-refractivity contribution in [3.05, 3.63) is 39.9 Å². The summed E-state index contributed by atoms with van der Waals surface area (Å²) in [7, 11) is 0. The lowest BCUT2D eigenvalue weighted by atomic mass is 10.1. The van der Waals surface area contributed by atoms with E-state index in [1.807, 2.05) is 11.0 Å². The normalized spacial score (nSPS) is 19.2. The minimum Gasteiger partial charge on any atom is -0.325 e. The summed E-state index contributed by atoms with van der Waals surface area (Å²) in [6.45, 7) is 4.60. The van der Waals surface area contributed by atoms with Crippen LogP contribution in [0, 0.1) is 16.0 Å². The fraction of sp³-hybridized carbons (Fsp3) is 0.462. The minimum absolute atomic E-state index is 0.0675. The molecule has 0 aliphatic carbocycles. The zero-order valence-electron chi connectivity index (χ0n) is 10.9. The molecule has 1 amide bonds. The molecule has 102 valence electrons. The van der Waals surface area contributed by atoms with Crippen molar-refractivity contribution in [1.29, 1.82) is 0 Å². The van der Waals surface area contributed by atoms with Gasteiger partial charge in [0.05, 0.1) is 16.1 Å². The Morgan fingerprint density at radius 1 is 1.53 bits per heavy atom. The highest BCUT2D eigenvalue weighted by Gasteiger charge is 2.33. The molecule has 1 unspecified atom stereocenters. The van der Waals surface area contributed by atoms with Crippen molar-refractivity contribution in [1.82, 2.24) is 4.90 Å². The minimum atomic E-state index is -0.413. The molecule has 1 saturated heterocycles. The largest absolute Gasteiger partial charge is 0.325 e. The fourth-order valence-corrected chi connectivity index (χ4v) is 3.40. The molecule has 0 N–H and O–H groups in total. The van der Waals surface area contributed by atoms with Gasteiger partial charge in [0.1, 0.15) is 0 Å². The lowest BCUT2D eigenvalue weighted by Gasteiger charge is -2.26. The third kappa shape index (κ3) is 3.07. The molecule has 1 fully saturated rings. The molecule has 1 aliphatic rings. The Hall–Kier alpha value is -1.56. The smallest absolute Gasteiger partial charge is 0.269 e. The number of rotatable bonds is 4. The molecule has 0 bridgehead atoms. The third-order valence-corrected chi connectivity index (χ3v) is 4.60. The maximum absolute atomic E-state index is 11.9. The van der Waals surface area contributed by atoms with Crippen LogP contribution in [-0.2, 0) is 11.3 Å². The van der Waals surface area contributed by atoms with Gasteiger partial charge in [-0.3, -0.25) is 14.9 Å². The average molecular weight is 280 g/mol. The van der Waals surface area contributed by atoms with Gasteiger partial charge >= 0.3 is 0 Å². The first-order valence-corrected chi connectivity index (χ1v) is 7.18. The Morgan fingerprint density at radius 2 is 2.26 bits per heavy atom. The molecule has 2 rings (SSSR count). The van der Waals surface area contributed by atoms with Gasteiger partial charge in [0.15, 0.2) is 0 Å². The molecular weight excluding hydrogens is 264 g/mol. The summed E-state index contributed by atoms with van der Waals surface area (Å²) < 4.78 is 0. The van der Waals surface area contributed by atoms with Gasteiger partial charge in [-0.1, -0.05) is 26.0 Å². The van der Waals surface area contributed by atoms with Crippen LogP contribution in [0.15, 0.2) is 24.3 Å². The Morgan fingerprint density at radius 3 is 2.89 bits per heavy atom. The maximum Gasteiger partial charge on any atom is 0.269 e. The van der Waals surface area contributed by atoms with Crippen molar-refractivity contribution in [2.75, 3.05) is 5.75 Å². The topological polar surface area (TPSA) is 63.5 Å². The van der Waals surface area contributed by atoms with Crippen LogP contribution in [0.5, 0.6) is 0 Å². The first kappa shape index (κ1) is 13.9. The van der Waals surface area contributed by atoms with Crippen molar-refractivity contribution in [3.63, 3.8) is 0 Å². The van der Waals surface area contributed by atoms with E-state index in [2.05, 4.69) is 13.8 Å². The monoisotopic (exact) mass is 280 g/mol. The summed E-state index contributed by atoms with van der Waals surface area (Å²) in [5.74, 6) is 0.975. The third-order valence-electron chi connectivity index (χ3n) is 3.05. The molecular formula is C13H16N2O3S. The molecule has 5 nitrogen and oxygen atoms in total. The maximum atomic E-state index is 11.9. The van der Waals surface area contributed by atoms with Crippen LogP contribution in [-0.4, -0.2) is 26.9 Å². The molecule has 1 aromatic carbocycles. The van der Waals surface area contributed by atoms with Gasteiger partial charge in [0.2, 0.25) is 5.91 Å². The van der Waals surface area contributed by atoms with Crippen LogP contribution in [0.2, 0.25) is 0 Å². The standard InChI is InChI=1S/C13H16N2O3S/c1-9(2)13-14(12(16)8-19-13)7-10-4-3-5-11(6-10)15(17)18/h3-6,9,13H,7-8H2,1-2H3. The highest BCUT2D eigenvalue weighted by molar-refractivity contribution is 8.01. The molecule has 6 heteroatoms. The number of benzene rings is 1. The van der Waals surface area contributed by atoms with Gasteiger partial charge < -0.3 is 4.90 Å². The number of carbonyl (C=O) groups excluding carboxylic acids is 1. The van der Waals surface area contributed by atoms with Crippen molar-refractivity contribution in [2.24, 2.45) is 5.92 Å². The Bertz CT molecular complexity index is 504. The summed E-state index contributed by atoms with van der Waals surface area (Å²) in [5.41, 5.74) is 0.869. The second-order valence-corrected chi connectivity index (χ2v) is 6.00. The molecule has 1 atom stereocenters. The van der Waals surface area contributed by atoms with E-state index in [1.54, 1.807) is 17.8 Å². The van der Waals surface area contributed by atoms with Crippen LogP contribution in [0.3, 0.4) is 0 Å². The number of hydrogen-bond donors (Lipinski definition) is 0. The van der Waals surface area contributed by atoms with Crippen LogP contribution < -0.4 is 0 Å². The molecule has 19 heavy (non-hydrogen) atoms. The average Bonchev–Trinajstić information content (AvgIpc) is 2.71. The van der Waals surface area contributed by atoms with Gasteiger partial charge in [-0.15, -0.1) is 11.8 Å². The first-order valence-electron chi connectivity index (χ1n) is 6.13. The van der Waals surface area contributed by atoms with E-state index >= 15 is 0 Å². The Labute approximate surface area is 116 Å². The number of nitrogens with zero attached hydrogens (tertiary/aromatic N) is 2. The van der Waals surface area contributed by atoms with E-state index < -0.39 is 4.92 Å². The van der Waals surface area contributed by atoms with E-state index in [0.29, 0.717) is 18.2 Å².